The van der Waals surface area contributed by atoms with Crippen molar-refractivity contribution >= 4 is 23.1 Å². The molecule has 0 unspecified atom stereocenters. The van der Waals surface area contributed by atoms with Crippen LogP contribution in [-0.2, 0) is 5.75 Å². The molecule has 0 atom stereocenters. The first kappa shape index (κ1) is 13.2. The van der Waals surface area contributed by atoms with Gasteiger partial charge in [0.2, 0.25) is 0 Å². The molecule has 4 heteroatoms. The summed E-state index contributed by atoms with van der Waals surface area (Å²) in [6, 6.07) is 8.03. The number of hydrogen-bond acceptors (Lipinski definition) is 4. The van der Waals surface area contributed by atoms with E-state index < -0.39 is 0 Å². The van der Waals surface area contributed by atoms with Gasteiger partial charge in [0, 0.05) is 34.2 Å². The van der Waals surface area contributed by atoms with Crippen molar-refractivity contribution in [2.24, 2.45) is 0 Å². The summed E-state index contributed by atoms with van der Waals surface area (Å²) in [4.78, 5) is 5.56. The van der Waals surface area contributed by atoms with Crippen LogP contribution in [0.5, 0.6) is 0 Å². The molecule has 0 saturated heterocycles. The largest absolute Gasteiger partial charge is 0.395 e. The van der Waals surface area contributed by atoms with Crippen molar-refractivity contribution in [3.63, 3.8) is 0 Å². The number of aliphatic hydroxyl groups excluding tert-OH is 1. The topological polar surface area (TPSA) is 33.1 Å². The standard InChI is InChI=1S/C14H13NOS2/c16-8-4-2-5-12-9-13(17-10-12)11-18-14-6-1-3-7-15-14/h1,3,6-7,9-10,16H,4,8,11H2. The maximum atomic E-state index is 8.65. The molecule has 1 N–H and O–H groups in total. The van der Waals surface area contributed by atoms with E-state index in [0.29, 0.717) is 6.42 Å². The second-order valence-electron chi connectivity index (χ2n) is 3.53. The Morgan fingerprint density at radius 3 is 3.11 bits per heavy atom. The Hall–Kier alpha value is -1.28. The SMILES string of the molecule is OCCC#Cc1csc(CSc2ccccn2)c1. The quantitative estimate of drug-likeness (QED) is 0.687. The third kappa shape index (κ3) is 4.19. The maximum absolute atomic E-state index is 8.65. The lowest BCUT2D eigenvalue weighted by Crippen LogP contribution is -1.78. The van der Waals surface area contributed by atoms with Gasteiger partial charge in [0.1, 0.15) is 0 Å². The monoisotopic (exact) mass is 275 g/mol. The molecule has 2 aromatic rings. The van der Waals surface area contributed by atoms with Gasteiger partial charge in [-0.1, -0.05) is 17.9 Å². The van der Waals surface area contributed by atoms with E-state index in [2.05, 4.69) is 28.3 Å². The second kappa shape index (κ2) is 7.22. The molecule has 0 radical (unpaired) electrons. The highest BCUT2D eigenvalue weighted by atomic mass is 32.2. The van der Waals surface area contributed by atoms with Crippen molar-refractivity contribution in [3.05, 3.63) is 46.3 Å². The number of aromatic nitrogens is 1. The lowest BCUT2D eigenvalue weighted by Gasteiger charge is -1.96. The predicted molar refractivity (Wildman–Crippen MR) is 76.7 cm³/mol. The molecule has 2 rings (SSSR count). The lowest BCUT2D eigenvalue weighted by atomic mass is 10.3. The van der Waals surface area contributed by atoms with Crippen molar-refractivity contribution in [2.75, 3.05) is 6.61 Å². The van der Waals surface area contributed by atoms with Gasteiger partial charge >= 0.3 is 0 Å². The van der Waals surface area contributed by atoms with Crippen molar-refractivity contribution in [3.8, 4) is 11.8 Å². The van der Waals surface area contributed by atoms with Crippen molar-refractivity contribution in [1.82, 2.24) is 4.98 Å². The van der Waals surface area contributed by atoms with E-state index in [9.17, 15) is 0 Å². The Labute approximate surface area is 115 Å². The summed E-state index contributed by atoms with van der Waals surface area (Å²) in [5, 5.41) is 11.7. The number of rotatable bonds is 4. The summed E-state index contributed by atoms with van der Waals surface area (Å²) in [6.45, 7) is 0.125. The molecule has 0 amide bonds. The zero-order valence-electron chi connectivity index (χ0n) is 9.80. The fourth-order valence-electron chi connectivity index (χ4n) is 1.32. The Morgan fingerprint density at radius 2 is 2.33 bits per heavy atom. The van der Waals surface area contributed by atoms with Crippen LogP contribution < -0.4 is 0 Å². The van der Waals surface area contributed by atoms with Gasteiger partial charge in [-0.05, 0) is 18.2 Å². The van der Waals surface area contributed by atoms with Crippen LogP contribution in [0.1, 0.15) is 16.9 Å². The van der Waals surface area contributed by atoms with Crippen LogP contribution in [0, 0.1) is 11.8 Å². The molecule has 0 bridgehead atoms. The van der Waals surface area contributed by atoms with Gasteiger partial charge < -0.3 is 5.11 Å². The van der Waals surface area contributed by atoms with E-state index in [1.54, 1.807) is 23.1 Å². The third-order valence-electron chi connectivity index (χ3n) is 2.12. The second-order valence-corrected chi connectivity index (χ2v) is 5.53. The molecular weight excluding hydrogens is 262 g/mol. The highest BCUT2D eigenvalue weighted by Gasteiger charge is 2.00. The Morgan fingerprint density at radius 1 is 1.39 bits per heavy atom. The van der Waals surface area contributed by atoms with Crippen LogP contribution >= 0.6 is 23.1 Å². The van der Waals surface area contributed by atoms with E-state index in [0.717, 1.165) is 16.3 Å². The minimum atomic E-state index is 0.125. The first-order valence-corrected chi connectivity index (χ1v) is 7.46. The number of aliphatic hydroxyl groups is 1. The van der Waals surface area contributed by atoms with Gasteiger partial charge in [-0.3, -0.25) is 0 Å². The minimum absolute atomic E-state index is 0.125. The molecule has 0 fully saturated rings. The fraction of sp³-hybridized carbons (Fsp3) is 0.214. The van der Waals surface area contributed by atoms with Crippen LogP contribution in [0.2, 0.25) is 0 Å². The molecule has 2 nitrogen and oxygen atoms in total. The lowest BCUT2D eigenvalue weighted by molar-refractivity contribution is 0.305. The van der Waals surface area contributed by atoms with E-state index in [4.69, 9.17) is 5.11 Å². The van der Waals surface area contributed by atoms with Gasteiger partial charge in [0.15, 0.2) is 0 Å². The molecule has 92 valence electrons. The molecule has 0 aliphatic heterocycles. The first-order chi connectivity index (χ1) is 8.88. The molecule has 2 heterocycles. The van der Waals surface area contributed by atoms with E-state index in [-0.39, 0.29) is 6.61 Å². The zero-order valence-corrected chi connectivity index (χ0v) is 11.4. The van der Waals surface area contributed by atoms with E-state index >= 15 is 0 Å². The normalized spacial score (nSPS) is 9.83. The number of nitrogens with zero attached hydrogens (tertiary/aromatic N) is 1. The van der Waals surface area contributed by atoms with Crippen LogP contribution in [0.15, 0.2) is 40.9 Å². The van der Waals surface area contributed by atoms with Gasteiger partial charge in [-0.15, -0.1) is 23.1 Å². The zero-order chi connectivity index (χ0) is 12.6. The van der Waals surface area contributed by atoms with Gasteiger partial charge in [-0.2, -0.15) is 0 Å². The van der Waals surface area contributed by atoms with Gasteiger partial charge in [0.25, 0.3) is 0 Å². The predicted octanol–water partition coefficient (Wildman–Crippen LogP) is 3.17. The van der Waals surface area contributed by atoms with Crippen molar-refractivity contribution < 1.29 is 5.11 Å². The molecule has 18 heavy (non-hydrogen) atoms. The molecule has 0 spiro atoms. The highest BCUT2D eigenvalue weighted by Crippen LogP contribution is 2.24. The Bertz CT molecular complexity index is 540. The molecule has 0 aliphatic carbocycles. The molecule has 0 aromatic carbocycles. The number of hydrogen-bond donors (Lipinski definition) is 1. The number of thiophene rings is 1. The van der Waals surface area contributed by atoms with Crippen molar-refractivity contribution in [2.45, 2.75) is 17.2 Å². The third-order valence-corrected chi connectivity index (χ3v) is 4.24. The molecule has 2 aromatic heterocycles. The smallest absolute Gasteiger partial charge is 0.0963 e. The van der Waals surface area contributed by atoms with Gasteiger partial charge in [-0.25, -0.2) is 4.98 Å². The number of thioether (sulfide) groups is 1. The summed E-state index contributed by atoms with van der Waals surface area (Å²) >= 11 is 3.44. The van der Waals surface area contributed by atoms with Crippen LogP contribution in [-0.4, -0.2) is 16.7 Å². The summed E-state index contributed by atoms with van der Waals surface area (Å²) in [7, 11) is 0. The fourth-order valence-corrected chi connectivity index (χ4v) is 3.05. The summed E-state index contributed by atoms with van der Waals surface area (Å²) in [6.07, 6.45) is 2.34. The molecule has 0 saturated carbocycles. The summed E-state index contributed by atoms with van der Waals surface area (Å²) in [5.41, 5.74) is 1.03. The Balaban J connectivity index is 1.90. The summed E-state index contributed by atoms with van der Waals surface area (Å²) < 4.78 is 0. The van der Waals surface area contributed by atoms with Gasteiger partial charge in [0.05, 0.1) is 11.6 Å². The average molecular weight is 275 g/mol. The van der Waals surface area contributed by atoms with Crippen LogP contribution in [0.4, 0.5) is 0 Å². The molecular formula is C14H13NOS2. The maximum Gasteiger partial charge on any atom is 0.0963 e. The minimum Gasteiger partial charge on any atom is -0.395 e. The van der Waals surface area contributed by atoms with Crippen LogP contribution in [0.3, 0.4) is 0 Å². The first-order valence-electron chi connectivity index (χ1n) is 5.59. The van der Waals surface area contributed by atoms with Crippen molar-refractivity contribution in [1.29, 1.82) is 0 Å². The van der Waals surface area contributed by atoms with Crippen LogP contribution in [0.25, 0.3) is 0 Å². The number of pyridine rings is 1. The molecule has 0 aliphatic rings. The summed E-state index contributed by atoms with van der Waals surface area (Å²) in [5.74, 6) is 6.89. The van der Waals surface area contributed by atoms with E-state index in [1.165, 1.54) is 4.88 Å². The average Bonchev–Trinajstić information content (AvgIpc) is 2.86. The Kier molecular flexibility index (Phi) is 5.28. The van der Waals surface area contributed by atoms with E-state index in [1.807, 2.05) is 24.4 Å². The highest BCUT2D eigenvalue weighted by molar-refractivity contribution is 7.98.